The van der Waals surface area contributed by atoms with Gasteiger partial charge in [-0.15, -0.1) is 0 Å². The van der Waals surface area contributed by atoms with E-state index in [1.807, 2.05) is 13.8 Å². The first-order valence-electron chi connectivity index (χ1n) is 5.56. The monoisotopic (exact) mass is 216 g/mol. The van der Waals surface area contributed by atoms with E-state index in [0.717, 1.165) is 19.3 Å². The lowest BCUT2D eigenvalue weighted by atomic mass is 10.0. The molecule has 1 saturated carbocycles. The fourth-order valence-electron chi connectivity index (χ4n) is 2.26. The minimum absolute atomic E-state index is 0.227. The van der Waals surface area contributed by atoms with Crippen LogP contribution in [0, 0.1) is 5.92 Å². The van der Waals surface area contributed by atoms with E-state index in [1.54, 1.807) is 0 Å². The maximum atomic E-state index is 11.6. The zero-order chi connectivity index (χ0) is 11.3. The summed E-state index contributed by atoms with van der Waals surface area (Å²) in [5.74, 6) is -1.24. The Kier molecular flexibility index (Phi) is 4.54. The Balaban J connectivity index is 2.78. The van der Waals surface area contributed by atoms with Crippen molar-refractivity contribution in [2.24, 2.45) is 5.92 Å². The van der Waals surface area contributed by atoms with Gasteiger partial charge in [0.15, 0.2) is 5.79 Å². The van der Waals surface area contributed by atoms with Crippen molar-refractivity contribution < 1.29 is 19.0 Å². The average Bonchev–Trinajstić information content (AvgIpc) is 2.62. The van der Waals surface area contributed by atoms with Crippen LogP contribution in [-0.4, -0.2) is 32.1 Å². The number of hydrogen-bond acceptors (Lipinski definition) is 4. The molecule has 0 heterocycles. The molecule has 1 aliphatic rings. The zero-order valence-electron chi connectivity index (χ0n) is 9.75. The fraction of sp³-hybridized carbons (Fsp3) is 0.909. The highest BCUT2D eigenvalue weighted by molar-refractivity contribution is 5.73. The van der Waals surface area contributed by atoms with Gasteiger partial charge in [0.25, 0.3) is 0 Å². The first-order chi connectivity index (χ1) is 7.20. The van der Waals surface area contributed by atoms with E-state index in [4.69, 9.17) is 14.2 Å². The van der Waals surface area contributed by atoms with Gasteiger partial charge in [-0.05, 0) is 26.7 Å². The molecule has 4 heteroatoms. The smallest absolute Gasteiger partial charge is 0.314 e. The minimum atomic E-state index is -0.739. The van der Waals surface area contributed by atoms with E-state index in [9.17, 15) is 4.79 Å². The molecule has 1 fully saturated rings. The van der Waals surface area contributed by atoms with Gasteiger partial charge in [0.05, 0.1) is 7.11 Å². The van der Waals surface area contributed by atoms with Crippen molar-refractivity contribution in [2.45, 2.75) is 38.9 Å². The molecule has 88 valence electrons. The zero-order valence-corrected chi connectivity index (χ0v) is 9.75. The van der Waals surface area contributed by atoms with Gasteiger partial charge < -0.3 is 14.2 Å². The Morgan fingerprint density at radius 3 is 2.40 bits per heavy atom. The highest BCUT2D eigenvalue weighted by atomic mass is 16.7. The maximum absolute atomic E-state index is 11.6. The summed E-state index contributed by atoms with van der Waals surface area (Å²) in [6, 6.07) is 0. The molecule has 0 amide bonds. The van der Waals surface area contributed by atoms with E-state index in [0.29, 0.717) is 13.2 Å². The summed E-state index contributed by atoms with van der Waals surface area (Å²) in [7, 11) is 1.41. The van der Waals surface area contributed by atoms with Gasteiger partial charge in [-0.1, -0.05) is 0 Å². The molecular formula is C11H20O4. The van der Waals surface area contributed by atoms with Crippen molar-refractivity contribution in [3.8, 4) is 0 Å². The molecule has 0 N–H and O–H groups in total. The summed E-state index contributed by atoms with van der Waals surface area (Å²) < 4.78 is 16.1. The van der Waals surface area contributed by atoms with Gasteiger partial charge >= 0.3 is 5.97 Å². The summed E-state index contributed by atoms with van der Waals surface area (Å²) in [5.41, 5.74) is 0. The second-order valence-electron chi connectivity index (χ2n) is 3.65. The first kappa shape index (κ1) is 12.5. The van der Waals surface area contributed by atoms with Gasteiger partial charge in [0, 0.05) is 19.6 Å². The number of methoxy groups -OCH3 is 1. The van der Waals surface area contributed by atoms with Crippen LogP contribution < -0.4 is 0 Å². The molecule has 0 spiro atoms. The van der Waals surface area contributed by atoms with Crippen LogP contribution in [0.5, 0.6) is 0 Å². The lowest BCUT2D eigenvalue weighted by Gasteiger charge is -2.33. The van der Waals surface area contributed by atoms with Crippen molar-refractivity contribution in [3.63, 3.8) is 0 Å². The Labute approximate surface area is 90.9 Å². The number of carbonyl (C=O) groups excluding carboxylic acids is 1. The lowest BCUT2D eigenvalue weighted by Crippen LogP contribution is -2.44. The summed E-state index contributed by atoms with van der Waals surface area (Å²) in [4.78, 5) is 11.6. The van der Waals surface area contributed by atoms with Gasteiger partial charge in [0.2, 0.25) is 0 Å². The topological polar surface area (TPSA) is 44.8 Å². The molecular weight excluding hydrogens is 196 g/mol. The quantitative estimate of drug-likeness (QED) is 0.518. The third-order valence-corrected chi connectivity index (χ3v) is 2.81. The molecule has 4 nitrogen and oxygen atoms in total. The Bertz CT molecular complexity index is 209. The van der Waals surface area contributed by atoms with E-state index >= 15 is 0 Å². The van der Waals surface area contributed by atoms with E-state index in [2.05, 4.69) is 0 Å². The summed E-state index contributed by atoms with van der Waals surface area (Å²) in [6.45, 7) is 4.92. The minimum Gasteiger partial charge on any atom is -0.469 e. The van der Waals surface area contributed by atoms with Gasteiger partial charge in [-0.25, -0.2) is 0 Å². The number of hydrogen-bond donors (Lipinski definition) is 0. The number of rotatable bonds is 5. The number of ether oxygens (including phenoxy) is 3. The third kappa shape index (κ3) is 2.49. The second kappa shape index (κ2) is 5.47. The first-order valence-corrected chi connectivity index (χ1v) is 5.56. The normalized spacial score (nSPS) is 24.1. The molecule has 0 aromatic heterocycles. The molecule has 0 aromatic rings. The number of carbonyl (C=O) groups is 1. The van der Waals surface area contributed by atoms with Crippen LogP contribution in [0.2, 0.25) is 0 Å². The Hall–Kier alpha value is -0.610. The molecule has 0 bridgehead atoms. The molecule has 1 aliphatic carbocycles. The highest BCUT2D eigenvalue weighted by Gasteiger charge is 2.49. The summed E-state index contributed by atoms with van der Waals surface area (Å²) >= 11 is 0. The largest absolute Gasteiger partial charge is 0.469 e. The van der Waals surface area contributed by atoms with Crippen LogP contribution in [-0.2, 0) is 19.0 Å². The van der Waals surface area contributed by atoms with E-state index < -0.39 is 5.79 Å². The van der Waals surface area contributed by atoms with Crippen LogP contribution in [0.4, 0.5) is 0 Å². The maximum Gasteiger partial charge on any atom is 0.314 e. The van der Waals surface area contributed by atoms with Crippen molar-refractivity contribution in [3.05, 3.63) is 0 Å². The molecule has 1 rings (SSSR count). The fourth-order valence-corrected chi connectivity index (χ4v) is 2.26. The lowest BCUT2D eigenvalue weighted by molar-refractivity contribution is -0.253. The average molecular weight is 216 g/mol. The molecule has 0 saturated heterocycles. The molecule has 0 aliphatic heterocycles. The van der Waals surface area contributed by atoms with E-state index in [-0.39, 0.29) is 11.9 Å². The van der Waals surface area contributed by atoms with Gasteiger partial charge in [-0.3, -0.25) is 4.79 Å². The van der Waals surface area contributed by atoms with Crippen molar-refractivity contribution >= 4 is 5.97 Å². The molecule has 0 aromatic carbocycles. The van der Waals surface area contributed by atoms with Crippen LogP contribution >= 0.6 is 0 Å². The predicted molar refractivity (Wildman–Crippen MR) is 55.3 cm³/mol. The Morgan fingerprint density at radius 2 is 1.93 bits per heavy atom. The SMILES string of the molecule is CCOC1(OCC)CCCC1C(=O)OC. The number of esters is 1. The molecule has 0 radical (unpaired) electrons. The molecule has 1 unspecified atom stereocenters. The van der Waals surface area contributed by atoms with Crippen molar-refractivity contribution in [2.75, 3.05) is 20.3 Å². The molecule has 1 atom stereocenters. The molecule has 15 heavy (non-hydrogen) atoms. The second-order valence-corrected chi connectivity index (χ2v) is 3.65. The standard InChI is InChI=1S/C11H20O4/c1-4-14-11(15-5-2)8-6-7-9(11)10(12)13-3/h9H,4-8H2,1-3H3. The third-order valence-electron chi connectivity index (χ3n) is 2.81. The highest BCUT2D eigenvalue weighted by Crippen LogP contribution is 2.40. The van der Waals surface area contributed by atoms with Crippen LogP contribution in [0.25, 0.3) is 0 Å². The van der Waals surface area contributed by atoms with Crippen LogP contribution in [0.3, 0.4) is 0 Å². The van der Waals surface area contributed by atoms with Gasteiger partial charge in [0.1, 0.15) is 5.92 Å². The van der Waals surface area contributed by atoms with Crippen molar-refractivity contribution in [1.82, 2.24) is 0 Å². The Morgan fingerprint density at radius 1 is 1.33 bits per heavy atom. The van der Waals surface area contributed by atoms with Crippen molar-refractivity contribution in [1.29, 1.82) is 0 Å². The van der Waals surface area contributed by atoms with Crippen LogP contribution in [0.1, 0.15) is 33.1 Å². The summed E-state index contributed by atoms with van der Waals surface area (Å²) in [6.07, 6.45) is 2.50. The van der Waals surface area contributed by atoms with Gasteiger partial charge in [-0.2, -0.15) is 0 Å². The predicted octanol–water partition coefficient (Wildman–Crippen LogP) is 1.73. The van der Waals surface area contributed by atoms with E-state index in [1.165, 1.54) is 7.11 Å². The summed E-state index contributed by atoms with van der Waals surface area (Å²) in [5, 5.41) is 0. The van der Waals surface area contributed by atoms with Crippen LogP contribution in [0.15, 0.2) is 0 Å².